The molecule has 5 unspecified atom stereocenters. The van der Waals surface area contributed by atoms with Crippen molar-refractivity contribution in [2.75, 3.05) is 20.3 Å². The molecule has 142 valence electrons. The van der Waals surface area contributed by atoms with Crippen LogP contribution in [0.1, 0.15) is 57.8 Å². The molecular formula is C20H32O5. The van der Waals surface area contributed by atoms with Gasteiger partial charge in [0.15, 0.2) is 6.29 Å². The van der Waals surface area contributed by atoms with Gasteiger partial charge in [0.2, 0.25) is 0 Å². The molecule has 25 heavy (non-hydrogen) atoms. The average Bonchev–Trinajstić information content (AvgIpc) is 3.03. The SMILES string of the molecule is COC(=O)CCCC1=CC2CC(OC3CCCCO3)C(CO)CC2C1. The van der Waals surface area contributed by atoms with Crippen LogP contribution in [0.4, 0.5) is 0 Å². The first-order chi connectivity index (χ1) is 12.2. The molecule has 0 spiro atoms. The van der Waals surface area contributed by atoms with Gasteiger partial charge in [-0.1, -0.05) is 11.6 Å². The van der Waals surface area contributed by atoms with Crippen LogP contribution in [0.5, 0.6) is 0 Å². The summed E-state index contributed by atoms with van der Waals surface area (Å²) < 4.78 is 16.7. The third-order valence-corrected chi connectivity index (χ3v) is 6.02. The lowest BCUT2D eigenvalue weighted by Gasteiger charge is -2.39. The lowest BCUT2D eigenvalue weighted by molar-refractivity contribution is -0.211. The number of hydrogen-bond acceptors (Lipinski definition) is 5. The lowest BCUT2D eigenvalue weighted by atomic mass is 9.74. The summed E-state index contributed by atoms with van der Waals surface area (Å²) in [6, 6.07) is 0. The highest BCUT2D eigenvalue weighted by molar-refractivity contribution is 5.69. The first kappa shape index (κ1) is 18.9. The number of carbonyl (C=O) groups excluding carboxylic acids is 1. The maximum Gasteiger partial charge on any atom is 0.305 e. The Morgan fingerprint density at radius 3 is 2.96 bits per heavy atom. The van der Waals surface area contributed by atoms with Crippen LogP contribution in [0, 0.1) is 17.8 Å². The van der Waals surface area contributed by atoms with Crippen LogP contribution in [0.3, 0.4) is 0 Å². The van der Waals surface area contributed by atoms with E-state index in [0.29, 0.717) is 18.3 Å². The Labute approximate surface area is 150 Å². The highest BCUT2D eigenvalue weighted by atomic mass is 16.7. The molecule has 1 aliphatic heterocycles. The average molecular weight is 352 g/mol. The Morgan fingerprint density at radius 1 is 1.36 bits per heavy atom. The van der Waals surface area contributed by atoms with Crippen molar-refractivity contribution in [2.24, 2.45) is 17.8 Å². The van der Waals surface area contributed by atoms with Gasteiger partial charge in [-0.15, -0.1) is 0 Å². The van der Waals surface area contributed by atoms with Gasteiger partial charge in [-0.3, -0.25) is 4.79 Å². The number of aliphatic hydroxyl groups excluding tert-OH is 1. The molecule has 3 rings (SSSR count). The molecule has 2 aliphatic carbocycles. The standard InChI is InChI=1S/C20H32O5/c1-23-19(22)6-4-5-14-9-15-11-17(13-21)18(12-16(15)10-14)25-20-7-2-3-8-24-20/h10,15-18,20-21H,2-9,11-13H2,1H3. The summed E-state index contributed by atoms with van der Waals surface area (Å²) >= 11 is 0. The predicted octanol–water partition coefficient (Wildman–Crippen LogP) is 3.21. The summed E-state index contributed by atoms with van der Waals surface area (Å²) in [5.41, 5.74) is 1.46. The van der Waals surface area contributed by atoms with Crippen molar-refractivity contribution in [1.29, 1.82) is 0 Å². The Bertz CT molecular complexity index is 469. The van der Waals surface area contributed by atoms with Gasteiger partial charge in [-0.2, -0.15) is 0 Å². The molecule has 0 aromatic carbocycles. The molecule has 0 amide bonds. The smallest absolute Gasteiger partial charge is 0.305 e. The minimum absolute atomic E-state index is 0.0886. The fourth-order valence-corrected chi connectivity index (χ4v) is 4.63. The van der Waals surface area contributed by atoms with Gasteiger partial charge in [0.05, 0.1) is 13.2 Å². The van der Waals surface area contributed by atoms with Crippen LogP contribution in [-0.2, 0) is 19.0 Å². The van der Waals surface area contributed by atoms with Crippen LogP contribution in [0.2, 0.25) is 0 Å². The number of carbonyl (C=O) groups is 1. The summed E-state index contributed by atoms with van der Waals surface area (Å²) in [6.07, 6.45) is 11.1. The van der Waals surface area contributed by atoms with Gasteiger partial charge >= 0.3 is 5.97 Å². The third-order valence-electron chi connectivity index (χ3n) is 6.02. The van der Waals surface area contributed by atoms with Crippen molar-refractivity contribution >= 4 is 5.97 Å². The molecule has 5 atom stereocenters. The molecule has 3 aliphatic rings. The molecule has 0 aromatic heterocycles. The third kappa shape index (κ3) is 5.05. The zero-order valence-electron chi connectivity index (χ0n) is 15.3. The second kappa shape index (κ2) is 9.15. The molecule has 2 fully saturated rings. The Balaban J connectivity index is 1.51. The molecular weight excluding hydrogens is 320 g/mol. The summed E-state index contributed by atoms with van der Waals surface area (Å²) in [7, 11) is 1.44. The molecule has 0 radical (unpaired) electrons. The second-order valence-corrected chi connectivity index (χ2v) is 7.77. The number of ether oxygens (including phenoxy) is 3. The van der Waals surface area contributed by atoms with Gasteiger partial charge in [0.25, 0.3) is 0 Å². The van der Waals surface area contributed by atoms with Crippen molar-refractivity contribution in [3.8, 4) is 0 Å². The Hall–Kier alpha value is -0.910. The number of aliphatic hydroxyl groups is 1. The number of methoxy groups -OCH3 is 1. The summed E-state index contributed by atoms with van der Waals surface area (Å²) in [4.78, 5) is 11.3. The highest BCUT2D eigenvalue weighted by Gasteiger charge is 2.40. The minimum atomic E-state index is -0.127. The van der Waals surface area contributed by atoms with Crippen molar-refractivity contribution in [3.63, 3.8) is 0 Å². The van der Waals surface area contributed by atoms with Gasteiger partial charge < -0.3 is 19.3 Å². The van der Waals surface area contributed by atoms with Crippen molar-refractivity contribution < 1.29 is 24.1 Å². The van der Waals surface area contributed by atoms with Crippen molar-refractivity contribution in [1.82, 2.24) is 0 Å². The zero-order chi connectivity index (χ0) is 17.6. The monoisotopic (exact) mass is 352 g/mol. The second-order valence-electron chi connectivity index (χ2n) is 7.77. The van der Waals surface area contributed by atoms with Gasteiger partial charge in [-0.05, 0) is 63.2 Å². The first-order valence-corrected chi connectivity index (χ1v) is 9.84. The van der Waals surface area contributed by atoms with E-state index in [9.17, 15) is 9.90 Å². The number of rotatable bonds is 7. The van der Waals surface area contributed by atoms with E-state index >= 15 is 0 Å². The van der Waals surface area contributed by atoms with Crippen LogP contribution in [0.15, 0.2) is 11.6 Å². The van der Waals surface area contributed by atoms with Crippen LogP contribution in [0.25, 0.3) is 0 Å². The minimum Gasteiger partial charge on any atom is -0.469 e. The highest BCUT2D eigenvalue weighted by Crippen LogP contribution is 2.45. The van der Waals surface area contributed by atoms with Crippen LogP contribution >= 0.6 is 0 Å². The van der Waals surface area contributed by atoms with Gasteiger partial charge in [-0.25, -0.2) is 0 Å². The molecule has 5 heteroatoms. The van der Waals surface area contributed by atoms with E-state index in [1.807, 2.05) is 0 Å². The van der Waals surface area contributed by atoms with Crippen molar-refractivity contribution in [3.05, 3.63) is 11.6 Å². The molecule has 0 aromatic rings. The van der Waals surface area contributed by atoms with Gasteiger partial charge in [0.1, 0.15) is 0 Å². The molecule has 1 heterocycles. The molecule has 1 saturated carbocycles. The zero-order valence-corrected chi connectivity index (χ0v) is 15.3. The van der Waals surface area contributed by atoms with Crippen molar-refractivity contribution in [2.45, 2.75) is 70.2 Å². The normalized spacial score (nSPS) is 35.1. The number of allylic oxidation sites excluding steroid dienone is 2. The molecule has 5 nitrogen and oxygen atoms in total. The molecule has 0 bridgehead atoms. The largest absolute Gasteiger partial charge is 0.469 e. The first-order valence-electron chi connectivity index (χ1n) is 9.84. The van der Waals surface area contributed by atoms with E-state index in [1.165, 1.54) is 12.7 Å². The summed E-state index contributed by atoms with van der Waals surface area (Å²) in [6.45, 7) is 0.982. The quantitative estimate of drug-likeness (QED) is 0.563. The molecule has 1 saturated heterocycles. The van der Waals surface area contributed by atoms with E-state index in [-0.39, 0.29) is 30.9 Å². The van der Waals surface area contributed by atoms with Crippen LogP contribution in [-0.4, -0.2) is 43.8 Å². The Kier molecular flexibility index (Phi) is 6.91. The van der Waals surface area contributed by atoms with Crippen LogP contribution < -0.4 is 0 Å². The van der Waals surface area contributed by atoms with E-state index < -0.39 is 0 Å². The number of esters is 1. The van der Waals surface area contributed by atoms with E-state index in [2.05, 4.69) is 6.08 Å². The fraction of sp³-hybridized carbons (Fsp3) is 0.850. The fourth-order valence-electron chi connectivity index (χ4n) is 4.63. The summed E-state index contributed by atoms with van der Waals surface area (Å²) in [5.74, 6) is 1.26. The molecule has 1 N–H and O–H groups in total. The number of hydrogen-bond donors (Lipinski definition) is 1. The maximum absolute atomic E-state index is 11.3. The Morgan fingerprint density at radius 2 is 2.24 bits per heavy atom. The van der Waals surface area contributed by atoms with E-state index in [0.717, 1.165) is 58.0 Å². The van der Waals surface area contributed by atoms with Gasteiger partial charge in [0, 0.05) is 25.6 Å². The van der Waals surface area contributed by atoms with E-state index in [4.69, 9.17) is 14.2 Å². The summed E-state index contributed by atoms with van der Waals surface area (Å²) in [5, 5.41) is 9.82. The predicted molar refractivity (Wildman–Crippen MR) is 93.8 cm³/mol. The van der Waals surface area contributed by atoms with E-state index in [1.54, 1.807) is 0 Å². The maximum atomic E-state index is 11.3. The lowest BCUT2D eigenvalue weighted by Crippen LogP contribution is -2.40. The topological polar surface area (TPSA) is 65.0 Å². The number of fused-ring (bicyclic) bond motifs is 1.